The average Bonchev–Trinajstić information content (AvgIpc) is 3.67. The van der Waals surface area contributed by atoms with Crippen LogP contribution < -0.4 is 4.90 Å². The zero-order valence-electron chi connectivity index (χ0n) is 30.4. The van der Waals surface area contributed by atoms with Gasteiger partial charge in [0.25, 0.3) is 0 Å². The molecule has 0 amide bonds. The van der Waals surface area contributed by atoms with Gasteiger partial charge in [-0.05, 0) is 122 Å². The Bertz CT molecular complexity index is 2910. The van der Waals surface area contributed by atoms with Gasteiger partial charge in [0.05, 0.1) is 16.7 Å². The summed E-state index contributed by atoms with van der Waals surface area (Å²) in [6.07, 6.45) is 0.895. The third kappa shape index (κ3) is 4.60. The predicted octanol–water partition coefficient (Wildman–Crippen LogP) is 13.8. The Hall–Kier alpha value is -6.64. The topological polar surface area (TPSA) is 8.17 Å². The van der Waals surface area contributed by atoms with Crippen molar-refractivity contribution in [3.05, 3.63) is 204 Å². The fourth-order valence-corrected chi connectivity index (χ4v) is 9.31. The van der Waals surface area contributed by atoms with Crippen LogP contribution in [0.15, 0.2) is 182 Å². The largest absolute Gasteiger partial charge is 0.310 e. The summed E-state index contributed by atoms with van der Waals surface area (Å²) in [6, 6.07) is 67.3. The molecule has 0 bridgehead atoms. The van der Waals surface area contributed by atoms with Gasteiger partial charge in [0, 0.05) is 39.7 Å². The van der Waals surface area contributed by atoms with Crippen molar-refractivity contribution in [1.29, 1.82) is 0 Å². The Kier molecular flexibility index (Phi) is 6.69. The number of hydrogen-bond acceptors (Lipinski definition) is 1. The normalized spacial score (nSPS) is 13.8. The Labute approximate surface area is 316 Å². The SMILES string of the molecule is CC1(C)c2ccccc2-c2cc3c(cc21)N(c1ccc(-c2ccc4c(c2)c2ccccc2n4-c2ccccc2)cc1)c1ccc(-c2ccccc2)cc1C3. The number of anilines is 3. The van der Waals surface area contributed by atoms with Crippen molar-refractivity contribution in [2.24, 2.45) is 0 Å². The van der Waals surface area contributed by atoms with E-state index in [0.29, 0.717) is 0 Å². The number of aromatic nitrogens is 1. The molecule has 11 rings (SSSR count). The molecule has 256 valence electrons. The van der Waals surface area contributed by atoms with Crippen molar-refractivity contribution >= 4 is 38.9 Å². The van der Waals surface area contributed by atoms with Gasteiger partial charge in [-0.2, -0.15) is 0 Å². The van der Waals surface area contributed by atoms with Gasteiger partial charge in [-0.15, -0.1) is 0 Å². The monoisotopic (exact) mass is 690 g/mol. The minimum Gasteiger partial charge on any atom is -0.310 e. The number of para-hydroxylation sites is 2. The molecule has 0 radical (unpaired) electrons. The van der Waals surface area contributed by atoms with Crippen LogP contribution in [-0.2, 0) is 11.8 Å². The van der Waals surface area contributed by atoms with Gasteiger partial charge in [0.1, 0.15) is 0 Å². The van der Waals surface area contributed by atoms with Crippen LogP contribution in [0.3, 0.4) is 0 Å². The van der Waals surface area contributed by atoms with Gasteiger partial charge in [0.15, 0.2) is 0 Å². The quantitative estimate of drug-likeness (QED) is 0.178. The summed E-state index contributed by atoms with van der Waals surface area (Å²) in [5.74, 6) is 0. The van der Waals surface area contributed by atoms with E-state index in [1.165, 1.54) is 100 Å². The predicted molar refractivity (Wildman–Crippen MR) is 227 cm³/mol. The Morgan fingerprint density at radius 2 is 1.04 bits per heavy atom. The Morgan fingerprint density at radius 3 is 1.87 bits per heavy atom. The van der Waals surface area contributed by atoms with E-state index in [1.807, 2.05) is 0 Å². The molecule has 2 nitrogen and oxygen atoms in total. The highest BCUT2D eigenvalue weighted by Gasteiger charge is 2.37. The van der Waals surface area contributed by atoms with Gasteiger partial charge >= 0.3 is 0 Å². The van der Waals surface area contributed by atoms with Crippen LogP contribution in [0.1, 0.15) is 36.1 Å². The second-order valence-corrected chi connectivity index (χ2v) is 15.4. The first-order chi connectivity index (χ1) is 26.5. The second-order valence-electron chi connectivity index (χ2n) is 15.4. The fraction of sp³-hybridized carbons (Fsp3) is 0.0769. The van der Waals surface area contributed by atoms with E-state index in [0.717, 1.165) is 6.42 Å². The summed E-state index contributed by atoms with van der Waals surface area (Å²) in [5, 5.41) is 2.53. The van der Waals surface area contributed by atoms with Gasteiger partial charge in [-0.25, -0.2) is 0 Å². The molecule has 0 fully saturated rings. The van der Waals surface area contributed by atoms with Crippen LogP contribution in [-0.4, -0.2) is 4.57 Å². The van der Waals surface area contributed by atoms with Gasteiger partial charge in [-0.1, -0.05) is 129 Å². The molecular weight excluding hydrogens is 653 g/mol. The molecule has 0 atom stereocenters. The molecule has 0 unspecified atom stereocenters. The zero-order valence-corrected chi connectivity index (χ0v) is 30.4. The lowest BCUT2D eigenvalue weighted by atomic mass is 9.81. The maximum atomic E-state index is 2.50. The molecule has 2 heterocycles. The van der Waals surface area contributed by atoms with Gasteiger partial charge in [-0.3, -0.25) is 0 Å². The van der Waals surface area contributed by atoms with Crippen molar-refractivity contribution in [3.8, 4) is 39.1 Å². The zero-order chi connectivity index (χ0) is 36.0. The van der Waals surface area contributed by atoms with E-state index in [2.05, 4.69) is 205 Å². The van der Waals surface area contributed by atoms with Gasteiger partial charge < -0.3 is 9.47 Å². The Morgan fingerprint density at radius 1 is 0.407 bits per heavy atom. The van der Waals surface area contributed by atoms with Crippen molar-refractivity contribution in [3.63, 3.8) is 0 Å². The van der Waals surface area contributed by atoms with Crippen molar-refractivity contribution in [2.75, 3.05) is 4.90 Å². The average molecular weight is 691 g/mol. The Balaban J connectivity index is 1.04. The lowest BCUT2D eigenvalue weighted by Crippen LogP contribution is -2.21. The van der Waals surface area contributed by atoms with E-state index >= 15 is 0 Å². The molecule has 2 heteroatoms. The van der Waals surface area contributed by atoms with Crippen LogP contribution in [0.4, 0.5) is 17.1 Å². The van der Waals surface area contributed by atoms with Crippen LogP contribution in [0.2, 0.25) is 0 Å². The molecule has 0 N–H and O–H groups in total. The number of hydrogen-bond donors (Lipinski definition) is 0. The first kappa shape index (κ1) is 30.9. The highest BCUT2D eigenvalue weighted by Crippen LogP contribution is 2.54. The maximum absolute atomic E-state index is 2.50. The summed E-state index contributed by atoms with van der Waals surface area (Å²) in [6.45, 7) is 4.75. The number of benzene rings is 8. The second kappa shape index (κ2) is 11.7. The molecule has 1 aliphatic heterocycles. The smallest absolute Gasteiger partial charge is 0.0541 e. The van der Waals surface area contributed by atoms with Crippen LogP contribution in [0.5, 0.6) is 0 Å². The molecule has 54 heavy (non-hydrogen) atoms. The van der Waals surface area contributed by atoms with E-state index in [1.54, 1.807) is 0 Å². The summed E-state index contributed by atoms with van der Waals surface area (Å²) >= 11 is 0. The highest BCUT2D eigenvalue weighted by atomic mass is 15.2. The molecule has 1 aliphatic carbocycles. The number of nitrogens with zero attached hydrogens (tertiary/aromatic N) is 2. The van der Waals surface area contributed by atoms with E-state index in [-0.39, 0.29) is 5.41 Å². The van der Waals surface area contributed by atoms with Crippen LogP contribution in [0, 0.1) is 0 Å². The summed E-state index contributed by atoms with van der Waals surface area (Å²) in [7, 11) is 0. The first-order valence-corrected chi connectivity index (χ1v) is 19.0. The third-order valence-corrected chi connectivity index (χ3v) is 12.0. The minimum atomic E-state index is -0.0732. The maximum Gasteiger partial charge on any atom is 0.0541 e. The number of fused-ring (bicyclic) bond motifs is 8. The summed E-state index contributed by atoms with van der Waals surface area (Å²) < 4.78 is 2.38. The highest BCUT2D eigenvalue weighted by molar-refractivity contribution is 6.10. The van der Waals surface area contributed by atoms with Crippen molar-refractivity contribution in [2.45, 2.75) is 25.7 Å². The summed E-state index contributed by atoms with van der Waals surface area (Å²) in [5.41, 5.74) is 20.4. The van der Waals surface area contributed by atoms with Crippen LogP contribution in [0.25, 0.3) is 60.9 Å². The summed E-state index contributed by atoms with van der Waals surface area (Å²) in [4.78, 5) is 2.50. The van der Waals surface area contributed by atoms with Crippen LogP contribution >= 0.6 is 0 Å². The van der Waals surface area contributed by atoms with Gasteiger partial charge in [0.2, 0.25) is 0 Å². The van der Waals surface area contributed by atoms with Crippen molar-refractivity contribution in [1.82, 2.24) is 4.57 Å². The molecule has 1 aromatic heterocycles. The molecule has 0 saturated heterocycles. The molecule has 9 aromatic rings. The minimum absolute atomic E-state index is 0.0732. The molecule has 0 saturated carbocycles. The van der Waals surface area contributed by atoms with E-state index < -0.39 is 0 Å². The molecule has 2 aliphatic rings. The first-order valence-electron chi connectivity index (χ1n) is 19.0. The van der Waals surface area contributed by atoms with E-state index in [9.17, 15) is 0 Å². The number of rotatable bonds is 4. The standard InChI is InChI=1S/C52H38N2/c1-52(2)46-19-11-9-17-42(46)44-32-39-30-38-29-36(34-13-5-3-6-14-34)23-27-48(38)53(51(39)33-47(44)52)41-25-21-35(22-26-41)37-24-28-50-45(31-37)43-18-10-12-20-49(43)54(50)40-15-7-4-8-16-40/h3-29,31-33H,30H2,1-2H3. The molecule has 0 spiro atoms. The lowest BCUT2D eigenvalue weighted by molar-refractivity contribution is 0.660. The third-order valence-electron chi connectivity index (χ3n) is 12.0. The fourth-order valence-electron chi connectivity index (χ4n) is 9.31. The van der Waals surface area contributed by atoms with E-state index in [4.69, 9.17) is 0 Å². The molecule has 8 aromatic carbocycles. The van der Waals surface area contributed by atoms with Crippen molar-refractivity contribution < 1.29 is 0 Å². The lowest BCUT2D eigenvalue weighted by Gasteiger charge is -2.35. The molecular formula is C52H38N2.